The Kier molecular flexibility index (Phi) is 5.87. The molecule has 0 unspecified atom stereocenters. The molecule has 0 fully saturated rings. The fourth-order valence-corrected chi connectivity index (χ4v) is 2.91. The number of alkyl halides is 3. The molecule has 0 spiro atoms. The smallest absolute Gasteiger partial charge is 0.416 e. The van der Waals surface area contributed by atoms with Gasteiger partial charge in [-0.1, -0.05) is 19.4 Å². The fourth-order valence-electron chi connectivity index (χ4n) is 2.91. The van der Waals surface area contributed by atoms with Crippen LogP contribution in [0.4, 0.5) is 18.9 Å². The fraction of sp³-hybridized carbons (Fsp3) is 0.444. The topological polar surface area (TPSA) is 57.6 Å². The van der Waals surface area contributed by atoms with E-state index in [0.717, 1.165) is 24.6 Å². The van der Waals surface area contributed by atoms with Crippen molar-refractivity contribution in [3.8, 4) is 0 Å². The van der Waals surface area contributed by atoms with Crippen LogP contribution in [0, 0.1) is 0 Å². The molecule has 0 atom stereocenters. The van der Waals surface area contributed by atoms with E-state index in [4.69, 9.17) is 5.11 Å². The second-order valence-corrected chi connectivity index (χ2v) is 5.99. The Morgan fingerprint density at radius 2 is 2.04 bits per heavy atom. The Morgan fingerprint density at radius 3 is 2.64 bits per heavy atom. The lowest BCUT2D eigenvalue weighted by Gasteiger charge is -2.24. The number of carboxylic acids is 1. The van der Waals surface area contributed by atoms with E-state index < -0.39 is 17.7 Å². The molecule has 0 saturated heterocycles. The molecule has 0 aromatic heterocycles. The molecular weight excluding hydrogens is 335 g/mol. The van der Waals surface area contributed by atoms with Crippen molar-refractivity contribution in [2.45, 2.75) is 45.2 Å². The number of carboxylic acid groups (broad SMARTS) is 1. The van der Waals surface area contributed by atoms with Crippen LogP contribution in [-0.4, -0.2) is 23.5 Å². The first-order valence-corrected chi connectivity index (χ1v) is 8.19. The van der Waals surface area contributed by atoms with Gasteiger partial charge in [-0.25, -0.2) is 4.79 Å². The predicted molar refractivity (Wildman–Crippen MR) is 88.2 cm³/mol. The van der Waals surface area contributed by atoms with Crippen LogP contribution < -0.4 is 4.90 Å². The molecule has 0 bridgehead atoms. The molecule has 0 aliphatic carbocycles. The summed E-state index contributed by atoms with van der Waals surface area (Å²) in [4.78, 5) is 24.9. The molecule has 1 amide bonds. The van der Waals surface area contributed by atoms with E-state index in [2.05, 4.69) is 0 Å². The number of amides is 1. The van der Waals surface area contributed by atoms with Gasteiger partial charge in [0.05, 0.1) is 11.3 Å². The Balaban J connectivity index is 2.55. The van der Waals surface area contributed by atoms with Crippen LogP contribution in [0.15, 0.2) is 24.3 Å². The highest BCUT2D eigenvalue weighted by molar-refractivity contribution is 5.99. The van der Waals surface area contributed by atoms with Crippen molar-refractivity contribution in [2.75, 3.05) is 11.4 Å². The summed E-state index contributed by atoms with van der Waals surface area (Å²) in [5, 5.41) is 9.02. The first-order valence-electron chi connectivity index (χ1n) is 8.19. The lowest BCUT2D eigenvalue weighted by atomic mass is 9.98. The van der Waals surface area contributed by atoms with Crippen LogP contribution >= 0.6 is 0 Å². The molecule has 1 N–H and O–H groups in total. The standard InChI is InChI=1S/C18H20F3NO3/c1-2-3-6-16(23)22-9-4-5-12(10-17(24)25)14-8-7-13(11-15(14)22)18(19,20)21/h7-8,10-11H,2-6,9H2,1H3,(H,24,25)/b12-10+. The third-order valence-corrected chi connectivity index (χ3v) is 4.13. The van der Waals surface area contributed by atoms with Crippen LogP contribution in [0.25, 0.3) is 5.57 Å². The summed E-state index contributed by atoms with van der Waals surface area (Å²) in [7, 11) is 0. The molecular formula is C18H20F3NO3. The Bertz CT molecular complexity index is 695. The van der Waals surface area contributed by atoms with Gasteiger partial charge in [0, 0.05) is 24.6 Å². The molecule has 25 heavy (non-hydrogen) atoms. The lowest BCUT2D eigenvalue weighted by molar-refractivity contribution is -0.137. The highest BCUT2D eigenvalue weighted by atomic mass is 19.4. The van der Waals surface area contributed by atoms with Gasteiger partial charge in [-0.15, -0.1) is 0 Å². The van der Waals surface area contributed by atoms with Crippen LogP contribution in [0.2, 0.25) is 0 Å². The van der Waals surface area contributed by atoms with Crippen molar-refractivity contribution >= 4 is 23.1 Å². The van der Waals surface area contributed by atoms with E-state index >= 15 is 0 Å². The van der Waals surface area contributed by atoms with Gasteiger partial charge in [-0.05, 0) is 37.0 Å². The number of anilines is 1. The molecule has 136 valence electrons. The van der Waals surface area contributed by atoms with Crippen molar-refractivity contribution in [3.63, 3.8) is 0 Å². The van der Waals surface area contributed by atoms with Gasteiger partial charge in [-0.2, -0.15) is 13.2 Å². The number of halogens is 3. The Labute approximate surface area is 143 Å². The monoisotopic (exact) mass is 355 g/mol. The van der Waals surface area contributed by atoms with Gasteiger partial charge in [-0.3, -0.25) is 4.79 Å². The van der Waals surface area contributed by atoms with E-state index in [1.165, 1.54) is 11.0 Å². The maximum atomic E-state index is 13.1. The predicted octanol–water partition coefficient (Wildman–Crippen LogP) is 4.49. The third kappa shape index (κ3) is 4.61. The quantitative estimate of drug-likeness (QED) is 0.810. The lowest BCUT2D eigenvalue weighted by Crippen LogP contribution is -2.31. The average Bonchev–Trinajstić information content (AvgIpc) is 2.70. The summed E-state index contributed by atoms with van der Waals surface area (Å²) < 4.78 is 39.3. The number of hydrogen-bond donors (Lipinski definition) is 1. The Morgan fingerprint density at radius 1 is 1.32 bits per heavy atom. The second-order valence-electron chi connectivity index (χ2n) is 5.99. The van der Waals surface area contributed by atoms with E-state index in [1.54, 1.807) is 0 Å². The van der Waals surface area contributed by atoms with Gasteiger partial charge in [0.15, 0.2) is 0 Å². The normalized spacial score (nSPS) is 16.5. The van der Waals surface area contributed by atoms with Crippen LogP contribution in [0.3, 0.4) is 0 Å². The first-order chi connectivity index (χ1) is 11.7. The summed E-state index contributed by atoms with van der Waals surface area (Å²) >= 11 is 0. The summed E-state index contributed by atoms with van der Waals surface area (Å²) in [6.07, 6.45) is -0.928. The van der Waals surface area contributed by atoms with Crippen molar-refractivity contribution in [1.29, 1.82) is 0 Å². The maximum absolute atomic E-state index is 13.1. The molecule has 2 rings (SSSR count). The number of allylic oxidation sites excluding steroid dienone is 1. The molecule has 1 aromatic carbocycles. The molecule has 1 heterocycles. The average molecular weight is 355 g/mol. The van der Waals surface area contributed by atoms with E-state index in [-0.39, 0.29) is 24.6 Å². The third-order valence-electron chi connectivity index (χ3n) is 4.13. The van der Waals surface area contributed by atoms with Crippen molar-refractivity contribution in [2.24, 2.45) is 0 Å². The minimum Gasteiger partial charge on any atom is -0.478 e. The molecule has 7 heteroatoms. The number of carbonyl (C=O) groups excluding carboxylic acids is 1. The van der Waals surface area contributed by atoms with E-state index in [0.29, 0.717) is 30.4 Å². The number of unbranched alkanes of at least 4 members (excludes halogenated alkanes) is 1. The number of carbonyl (C=O) groups is 2. The molecule has 1 aliphatic rings. The summed E-state index contributed by atoms with van der Waals surface area (Å²) in [5.74, 6) is -1.40. The van der Waals surface area contributed by atoms with Crippen LogP contribution in [0.5, 0.6) is 0 Å². The summed E-state index contributed by atoms with van der Waals surface area (Å²) in [5.41, 5.74) is 0.0943. The van der Waals surface area contributed by atoms with Crippen molar-refractivity contribution in [3.05, 3.63) is 35.4 Å². The molecule has 4 nitrogen and oxygen atoms in total. The minimum atomic E-state index is -4.53. The maximum Gasteiger partial charge on any atom is 0.416 e. The van der Waals surface area contributed by atoms with Gasteiger partial charge in [0.1, 0.15) is 0 Å². The number of rotatable bonds is 4. The molecule has 1 aliphatic heterocycles. The zero-order chi connectivity index (χ0) is 18.6. The second kappa shape index (κ2) is 7.72. The van der Waals surface area contributed by atoms with Gasteiger partial charge < -0.3 is 10.0 Å². The number of fused-ring (bicyclic) bond motifs is 1. The number of aliphatic carboxylic acids is 1. The zero-order valence-electron chi connectivity index (χ0n) is 13.9. The summed E-state index contributed by atoms with van der Waals surface area (Å²) in [6.45, 7) is 2.20. The summed E-state index contributed by atoms with van der Waals surface area (Å²) in [6, 6.07) is 3.13. The molecule has 0 radical (unpaired) electrons. The van der Waals surface area contributed by atoms with Gasteiger partial charge in [0.25, 0.3) is 0 Å². The van der Waals surface area contributed by atoms with E-state index in [1.807, 2.05) is 6.92 Å². The Hall–Kier alpha value is -2.31. The van der Waals surface area contributed by atoms with Gasteiger partial charge >= 0.3 is 12.1 Å². The number of benzene rings is 1. The van der Waals surface area contributed by atoms with E-state index in [9.17, 15) is 22.8 Å². The highest BCUT2D eigenvalue weighted by Gasteiger charge is 2.33. The number of nitrogens with zero attached hydrogens (tertiary/aromatic N) is 1. The molecule has 1 aromatic rings. The first kappa shape index (κ1) is 19.0. The van der Waals surface area contributed by atoms with Crippen molar-refractivity contribution in [1.82, 2.24) is 0 Å². The largest absolute Gasteiger partial charge is 0.478 e. The SMILES string of the molecule is CCCCC(=O)N1CCC/C(=C\C(=O)O)c2ccc(C(F)(F)F)cc21. The number of hydrogen-bond acceptors (Lipinski definition) is 2. The minimum absolute atomic E-state index is 0.140. The van der Waals surface area contributed by atoms with Crippen LogP contribution in [0.1, 0.15) is 50.2 Å². The molecule has 0 saturated carbocycles. The van der Waals surface area contributed by atoms with Crippen molar-refractivity contribution < 1.29 is 27.9 Å². The zero-order valence-corrected chi connectivity index (χ0v) is 13.9. The highest BCUT2D eigenvalue weighted by Crippen LogP contribution is 2.39. The van der Waals surface area contributed by atoms with Crippen LogP contribution in [-0.2, 0) is 15.8 Å². The van der Waals surface area contributed by atoms with Gasteiger partial charge in [0.2, 0.25) is 5.91 Å².